The third-order valence-electron chi connectivity index (χ3n) is 3.71. The van der Waals surface area contributed by atoms with Gasteiger partial charge in [-0.2, -0.15) is 5.10 Å². The number of hydrogen-bond donors (Lipinski definition) is 2. The lowest BCUT2D eigenvalue weighted by Gasteiger charge is -2.03. The molecule has 2 N–H and O–H groups in total. The van der Waals surface area contributed by atoms with E-state index < -0.39 is 0 Å². The fourth-order valence-corrected chi connectivity index (χ4v) is 2.98. The predicted molar refractivity (Wildman–Crippen MR) is 88.6 cm³/mol. The number of hydrogen-bond acceptors (Lipinski definition) is 5. The molecule has 116 valence electrons. The Morgan fingerprint density at radius 2 is 2.09 bits per heavy atom. The first-order valence-corrected chi connectivity index (χ1v) is 8.27. The summed E-state index contributed by atoms with van der Waals surface area (Å²) < 4.78 is 0. The minimum Gasteiger partial charge on any atom is -0.321 e. The monoisotopic (exact) mass is 325 g/mol. The SMILES string of the molecule is Cc1ncc(C(=O)Nc2ccc(-c3n[nH]c(C4CC4)n3)cc2)s1. The third-order valence-corrected chi connectivity index (χ3v) is 4.62. The first kappa shape index (κ1) is 14.1. The molecule has 0 bridgehead atoms. The van der Waals surface area contributed by atoms with E-state index in [-0.39, 0.29) is 5.91 Å². The fraction of sp³-hybridized carbons (Fsp3) is 0.250. The van der Waals surface area contributed by atoms with Crippen molar-refractivity contribution in [3.63, 3.8) is 0 Å². The lowest BCUT2D eigenvalue weighted by molar-refractivity contribution is 0.103. The van der Waals surface area contributed by atoms with Gasteiger partial charge in [-0.3, -0.25) is 9.89 Å². The number of thiazole rings is 1. The molecule has 2 heterocycles. The average molecular weight is 325 g/mol. The Balaban J connectivity index is 1.47. The van der Waals surface area contributed by atoms with Gasteiger partial charge >= 0.3 is 0 Å². The van der Waals surface area contributed by atoms with E-state index in [1.807, 2.05) is 31.2 Å². The van der Waals surface area contributed by atoms with E-state index in [0.717, 1.165) is 22.1 Å². The van der Waals surface area contributed by atoms with Crippen LogP contribution in [0.25, 0.3) is 11.4 Å². The zero-order valence-electron chi connectivity index (χ0n) is 12.5. The number of carbonyl (C=O) groups excluding carboxylic acids is 1. The normalized spacial score (nSPS) is 14.0. The van der Waals surface area contributed by atoms with Crippen LogP contribution >= 0.6 is 11.3 Å². The summed E-state index contributed by atoms with van der Waals surface area (Å²) in [7, 11) is 0. The van der Waals surface area contributed by atoms with Gasteiger partial charge in [-0.25, -0.2) is 9.97 Å². The van der Waals surface area contributed by atoms with Crippen LogP contribution in [0.1, 0.15) is 39.3 Å². The molecule has 3 aromatic rings. The van der Waals surface area contributed by atoms with Crippen LogP contribution in [0.3, 0.4) is 0 Å². The zero-order valence-corrected chi connectivity index (χ0v) is 13.4. The number of anilines is 1. The van der Waals surface area contributed by atoms with Gasteiger partial charge < -0.3 is 5.32 Å². The zero-order chi connectivity index (χ0) is 15.8. The molecule has 1 aromatic carbocycles. The molecular formula is C16H15N5OS. The van der Waals surface area contributed by atoms with Crippen LogP contribution in [0.4, 0.5) is 5.69 Å². The van der Waals surface area contributed by atoms with Crippen LogP contribution in [0.5, 0.6) is 0 Å². The lowest BCUT2D eigenvalue weighted by atomic mass is 10.2. The molecule has 4 rings (SSSR count). The van der Waals surface area contributed by atoms with Crippen molar-refractivity contribution in [3.05, 3.63) is 46.2 Å². The highest BCUT2D eigenvalue weighted by Gasteiger charge is 2.27. The Labute approximate surface area is 137 Å². The second-order valence-electron chi connectivity index (χ2n) is 5.59. The van der Waals surface area contributed by atoms with E-state index in [2.05, 4.69) is 25.5 Å². The number of benzene rings is 1. The van der Waals surface area contributed by atoms with E-state index in [0.29, 0.717) is 16.6 Å². The Hall–Kier alpha value is -2.54. The number of carbonyl (C=O) groups is 1. The Kier molecular flexibility index (Phi) is 3.42. The molecule has 1 aliphatic rings. The number of amides is 1. The summed E-state index contributed by atoms with van der Waals surface area (Å²) in [4.78, 5) is 21.3. The number of aromatic nitrogens is 4. The molecule has 7 heteroatoms. The van der Waals surface area contributed by atoms with Gasteiger partial charge in [-0.05, 0) is 44.0 Å². The summed E-state index contributed by atoms with van der Waals surface area (Å²) in [6.07, 6.45) is 3.98. The van der Waals surface area contributed by atoms with Crippen LogP contribution in [-0.2, 0) is 0 Å². The second kappa shape index (κ2) is 5.58. The van der Waals surface area contributed by atoms with Crippen molar-refractivity contribution in [1.29, 1.82) is 0 Å². The van der Waals surface area contributed by atoms with E-state index >= 15 is 0 Å². The largest absolute Gasteiger partial charge is 0.321 e. The number of nitrogens with zero attached hydrogens (tertiary/aromatic N) is 3. The van der Waals surface area contributed by atoms with Crippen molar-refractivity contribution < 1.29 is 4.79 Å². The van der Waals surface area contributed by atoms with Gasteiger partial charge in [-0.1, -0.05) is 0 Å². The molecule has 0 spiro atoms. The van der Waals surface area contributed by atoms with Crippen LogP contribution in [0.15, 0.2) is 30.5 Å². The summed E-state index contributed by atoms with van der Waals surface area (Å²) >= 11 is 1.38. The summed E-state index contributed by atoms with van der Waals surface area (Å²) in [5.41, 5.74) is 1.67. The minimum absolute atomic E-state index is 0.141. The van der Waals surface area contributed by atoms with E-state index in [4.69, 9.17) is 0 Å². The quantitative estimate of drug-likeness (QED) is 0.770. The summed E-state index contributed by atoms with van der Waals surface area (Å²) in [6, 6.07) is 7.53. The van der Waals surface area contributed by atoms with Crippen LogP contribution < -0.4 is 5.32 Å². The maximum atomic E-state index is 12.1. The molecule has 0 atom stereocenters. The van der Waals surface area contributed by atoms with Gasteiger partial charge in [0, 0.05) is 17.2 Å². The lowest BCUT2D eigenvalue weighted by Crippen LogP contribution is -2.09. The smallest absolute Gasteiger partial charge is 0.267 e. The number of H-pyrrole nitrogens is 1. The summed E-state index contributed by atoms with van der Waals surface area (Å²) in [5, 5.41) is 11.0. The Morgan fingerprint density at radius 3 is 2.74 bits per heavy atom. The second-order valence-corrected chi connectivity index (χ2v) is 6.83. The van der Waals surface area contributed by atoms with Gasteiger partial charge in [-0.15, -0.1) is 11.3 Å². The van der Waals surface area contributed by atoms with Gasteiger partial charge in [0.15, 0.2) is 5.82 Å². The first-order valence-electron chi connectivity index (χ1n) is 7.45. The first-order chi connectivity index (χ1) is 11.2. The number of rotatable bonds is 4. The maximum Gasteiger partial charge on any atom is 0.267 e. The van der Waals surface area contributed by atoms with Crippen LogP contribution in [0, 0.1) is 6.92 Å². The molecular weight excluding hydrogens is 310 g/mol. The molecule has 1 fully saturated rings. The number of aromatic amines is 1. The summed E-state index contributed by atoms with van der Waals surface area (Å²) in [5.74, 6) is 2.08. The topological polar surface area (TPSA) is 83.6 Å². The average Bonchev–Trinajstić information content (AvgIpc) is 3.12. The van der Waals surface area contributed by atoms with E-state index in [9.17, 15) is 4.79 Å². The molecule has 2 aromatic heterocycles. The molecule has 0 aliphatic heterocycles. The number of nitrogens with one attached hydrogen (secondary N) is 2. The Bertz CT molecular complexity index is 847. The van der Waals surface area contributed by atoms with Crippen molar-refractivity contribution in [3.8, 4) is 11.4 Å². The van der Waals surface area contributed by atoms with Gasteiger partial charge in [0.05, 0.1) is 11.2 Å². The van der Waals surface area contributed by atoms with Crippen molar-refractivity contribution in [2.75, 3.05) is 5.32 Å². The highest BCUT2D eigenvalue weighted by atomic mass is 32.1. The van der Waals surface area contributed by atoms with Crippen molar-refractivity contribution >= 4 is 22.9 Å². The predicted octanol–water partition coefficient (Wildman–Crippen LogP) is 3.37. The molecule has 0 unspecified atom stereocenters. The van der Waals surface area contributed by atoms with Crippen molar-refractivity contribution in [2.24, 2.45) is 0 Å². The molecule has 1 saturated carbocycles. The van der Waals surface area contributed by atoms with Crippen molar-refractivity contribution in [1.82, 2.24) is 20.2 Å². The standard InChI is InChI=1S/C16H15N5OS/c1-9-17-8-13(23-9)16(22)18-12-6-4-11(5-7-12)15-19-14(20-21-15)10-2-3-10/h4-8,10H,2-3H2,1H3,(H,18,22)(H,19,20,21). The fourth-order valence-electron chi connectivity index (χ4n) is 2.30. The van der Waals surface area contributed by atoms with Crippen LogP contribution in [-0.4, -0.2) is 26.1 Å². The highest BCUT2D eigenvalue weighted by Crippen LogP contribution is 2.38. The molecule has 1 aliphatic carbocycles. The Morgan fingerprint density at radius 1 is 1.30 bits per heavy atom. The maximum absolute atomic E-state index is 12.1. The minimum atomic E-state index is -0.141. The summed E-state index contributed by atoms with van der Waals surface area (Å²) in [6.45, 7) is 1.88. The van der Waals surface area contributed by atoms with E-state index in [1.165, 1.54) is 24.2 Å². The highest BCUT2D eigenvalue weighted by molar-refractivity contribution is 7.13. The molecule has 0 radical (unpaired) electrons. The van der Waals surface area contributed by atoms with Gasteiger partial charge in [0.2, 0.25) is 0 Å². The van der Waals surface area contributed by atoms with Gasteiger partial charge in [0.1, 0.15) is 10.7 Å². The third kappa shape index (κ3) is 3.00. The molecule has 6 nitrogen and oxygen atoms in total. The van der Waals surface area contributed by atoms with E-state index in [1.54, 1.807) is 6.20 Å². The molecule has 23 heavy (non-hydrogen) atoms. The molecule has 0 saturated heterocycles. The van der Waals surface area contributed by atoms with Crippen LogP contribution in [0.2, 0.25) is 0 Å². The van der Waals surface area contributed by atoms with Crippen molar-refractivity contribution in [2.45, 2.75) is 25.7 Å². The van der Waals surface area contributed by atoms with Gasteiger partial charge in [0.25, 0.3) is 5.91 Å². The molecule has 1 amide bonds. The number of aryl methyl sites for hydroxylation is 1.